The van der Waals surface area contributed by atoms with Gasteiger partial charge in [-0.1, -0.05) is 26.0 Å². The molecule has 2 heterocycles. The van der Waals surface area contributed by atoms with Crippen molar-refractivity contribution in [2.45, 2.75) is 20.5 Å². The van der Waals surface area contributed by atoms with Gasteiger partial charge in [-0.05, 0) is 18.2 Å². The van der Waals surface area contributed by atoms with E-state index in [2.05, 4.69) is 0 Å². The summed E-state index contributed by atoms with van der Waals surface area (Å²) >= 11 is 1.46. The number of ether oxygens (including phenoxy) is 2. The van der Waals surface area contributed by atoms with Crippen LogP contribution in [0.4, 0.5) is 0 Å². The van der Waals surface area contributed by atoms with Crippen LogP contribution in [0.25, 0.3) is 10.4 Å². The van der Waals surface area contributed by atoms with Crippen LogP contribution < -0.4 is 4.74 Å². The van der Waals surface area contributed by atoms with Crippen LogP contribution in [0.5, 0.6) is 5.75 Å². The number of thiophene rings is 1. The lowest BCUT2D eigenvalue weighted by Gasteiger charge is -2.16. The van der Waals surface area contributed by atoms with Crippen LogP contribution >= 0.6 is 11.3 Å². The van der Waals surface area contributed by atoms with Gasteiger partial charge in [0.25, 0.3) is 0 Å². The summed E-state index contributed by atoms with van der Waals surface area (Å²) in [6, 6.07) is 9.70. The van der Waals surface area contributed by atoms with E-state index >= 15 is 0 Å². The third kappa shape index (κ3) is 2.49. The number of esters is 1. The first kappa shape index (κ1) is 13.6. The number of fused-ring (bicyclic) bond motifs is 3. The molecule has 1 aliphatic heterocycles. The van der Waals surface area contributed by atoms with E-state index in [4.69, 9.17) is 9.47 Å². The SMILES string of the molecule is CC.COC(=O)c1cc2c(s1)-c1ccccc1OC2. The van der Waals surface area contributed by atoms with Crippen molar-refractivity contribution < 1.29 is 14.3 Å². The lowest BCUT2D eigenvalue weighted by atomic mass is 10.1. The highest BCUT2D eigenvalue weighted by atomic mass is 32.1. The van der Waals surface area contributed by atoms with Crippen LogP contribution in [-0.2, 0) is 11.3 Å². The highest BCUT2D eigenvalue weighted by Gasteiger charge is 2.22. The van der Waals surface area contributed by atoms with Crippen molar-refractivity contribution in [3.05, 3.63) is 40.8 Å². The quantitative estimate of drug-likeness (QED) is 0.735. The fourth-order valence-corrected chi connectivity index (χ4v) is 3.02. The summed E-state index contributed by atoms with van der Waals surface area (Å²) in [6.45, 7) is 4.51. The smallest absolute Gasteiger partial charge is 0.348 e. The molecule has 0 spiro atoms. The standard InChI is InChI=1S/C13H10O3S.C2H6/c1-15-13(14)11-6-8-7-16-10-5-3-2-4-9(10)12(8)17-11;1-2/h2-6H,7H2,1H3;1-2H3. The van der Waals surface area contributed by atoms with E-state index in [1.807, 2.05) is 44.2 Å². The Kier molecular flexibility index (Phi) is 4.22. The number of para-hydroxylation sites is 1. The van der Waals surface area contributed by atoms with Crippen molar-refractivity contribution in [1.29, 1.82) is 0 Å². The van der Waals surface area contributed by atoms with Gasteiger partial charge in [0.1, 0.15) is 17.2 Å². The zero-order valence-corrected chi connectivity index (χ0v) is 12.0. The van der Waals surface area contributed by atoms with E-state index in [1.165, 1.54) is 18.4 Å². The molecular formula is C15H16O3S. The number of carbonyl (C=O) groups is 1. The van der Waals surface area contributed by atoms with Gasteiger partial charge in [0.15, 0.2) is 0 Å². The third-order valence-electron chi connectivity index (χ3n) is 2.71. The van der Waals surface area contributed by atoms with Gasteiger partial charge in [-0.3, -0.25) is 0 Å². The molecule has 1 aromatic carbocycles. The summed E-state index contributed by atoms with van der Waals surface area (Å²) in [7, 11) is 1.39. The minimum atomic E-state index is -0.290. The number of hydrogen-bond donors (Lipinski definition) is 0. The Morgan fingerprint density at radius 2 is 2.05 bits per heavy atom. The topological polar surface area (TPSA) is 35.5 Å². The summed E-state index contributed by atoms with van der Waals surface area (Å²) in [5, 5.41) is 0. The van der Waals surface area contributed by atoms with Crippen molar-refractivity contribution in [2.24, 2.45) is 0 Å². The van der Waals surface area contributed by atoms with Gasteiger partial charge in [-0.25, -0.2) is 4.79 Å². The number of hydrogen-bond acceptors (Lipinski definition) is 4. The van der Waals surface area contributed by atoms with Gasteiger partial charge in [0, 0.05) is 16.0 Å². The first-order valence-corrected chi connectivity index (χ1v) is 7.04. The third-order valence-corrected chi connectivity index (χ3v) is 3.90. The van der Waals surface area contributed by atoms with E-state index in [-0.39, 0.29) is 5.97 Å². The molecule has 0 saturated carbocycles. The summed E-state index contributed by atoms with van der Waals surface area (Å²) in [5.74, 6) is 0.583. The molecular weight excluding hydrogens is 260 g/mol. The molecule has 3 nitrogen and oxygen atoms in total. The molecule has 0 unspecified atom stereocenters. The van der Waals surface area contributed by atoms with Gasteiger partial charge in [0.05, 0.1) is 7.11 Å². The van der Waals surface area contributed by atoms with Gasteiger partial charge in [-0.15, -0.1) is 11.3 Å². The average Bonchev–Trinajstić information content (AvgIpc) is 2.93. The molecule has 0 radical (unpaired) electrons. The number of methoxy groups -OCH3 is 1. The van der Waals surface area contributed by atoms with Crippen LogP contribution in [0, 0.1) is 0 Å². The van der Waals surface area contributed by atoms with Crippen LogP contribution in [0.2, 0.25) is 0 Å². The highest BCUT2D eigenvalue weighted by Crippen LogP contribution is 2.42. The van der Waals surface area contributed by atoms with Gasteiger partial charge in [-0.2, -0.15) is 0 Å². The van der Waals surface area contributed by atoms with E-state index in [1.54, 1.807) is 0 Å². The second-order valence-electron chi connectivity index (χ2n) is 3.74. The minimum absolute atomic E-state index is 0.290. The number of rotatable bonds is 1. The van der Waals surface area contributed by atoms with E-state index in [9.17, 15) is 4.79 Å². The Balaban J connectivity index is 0.000000637. The van der Waals surface area contributed by atoms with E-state index in [0.29, 0.717) is 11.5 Å². The fraction of sp³-hybridized carbons (Fsp3) is 0.267. The minimum Gasteiger partial charge on any atom is -0.488 e. The molecule has 0 atom stereocenters. The zero-order valence-electron chi connectivity index (χ0n) is 11.2. The molecule has 0 amide bonds. The molecule has 19 heavy (non-hydrogen) atoms. The Hall–Kier alpha value is -1.81. The van der Waals surface area contributed by atoms with Crippen molar-refractivity contribution in [3.8, 4) is 16.2 Å². The molecule has 1 aromatic heterocycles. The van der Waals surface area contributed by atoms with Crippen molar-refractivity contribution in [1.82, 2.24) is 0 Å². The summed E-state index contributed by atoms with van der Waals surface area (Å²) < 4.78 is 10.4. The molecule has 100 valence electrons. The van der Waals surface area contributed by atoms with E-state index in [0.717, 1.165) is 21.8 Å². The number of carbonyl (C=O) groups excluding carboxylic acids is 1. The molecule has 1 aliphatic rings. The normalized spacial score (nSPS) is 11.3. The van der Waals surface area contributed by atoms with Crippen molar-refractivity contribution in [2.75, 3.05) is 7.11 Å². The largest absolute Gasteiger partial charge is 0.488 e. The Morgan fingerprint density at radius 1 is 1.32 bits per heavy atom. The Bertz CT molecular complexity index is 587. The molecule has 0 bridgehead atoms. The van der Waals surface area contributed by atoms with E-state index < -0.39 is 0 Å². The second kappa shape index (κ2) is 5.89. The second-order valence-corrected chi connectivity index (χ2v) is 4.79. The summed E-state index contributed by atoms with van der Waals surface area (Å²) in [4.78, 5) is 13.2. The summed E-state index contributed by atoms with van der Waals surface area (Å²) in [5.41, 5.74) is 2.10. The molecule has 2 aromatic rings. The van der Waals surface area contributed by atoms with Gasteiger partial charge >= 0.3 is 5.97 Å². The molecule has 4 heteroatoms. The fourth-order valence-electron chi connectivity index (χ4n) is 1.90. The van der Waals surface area contributed by atoms with Gasteiger partial charge < -0.3 is 9.47 Å². The van der Waals surface area contributed by atoms with Crippen LogP contribution in [-0.4, -0.2) is 13.1 Å². The molecule has 0 fully saturated rings. The predicted molar refractivity (Wildman–Crippen MR) is 76.8 cm³/mol. The molecule has 0 aliphatic carbocycles. The first-order chi connectivity index (χ1) is 9.29. The Morgan fingerprint density at radius 3 is 2.79 bits per heavy atom. The van der Waals surface area contributed by atoms with Crippen LogP contribution in [0.1, 0.15) is 29.1 Å². The maximum absolute atomic E-state index is 11.5. The van der Waals surface area contributed by atoms with Crippen molar-refractivity contribution in [3.63, 3.8) is 0 Å². The summed E-state index contributed by atoms with van der Waals surface area (Å²) in [6.07, 6.45) is 0. The van der Waals surface area contributed by atoms with Crippen LogP contribution in [0.15, 0.2) is 30.3 Å². The molecule has 3 rings (SSSR count). The van der Waals surface area contributed by atoms with Gasteiger partial charge in [0.2, 0.25) is 0 Å². The monoisotopic (exact) mass is 276 g/mol. The maximum atomic E-state index is 11.5. The van der Waals surface area contributed by atoms with Crippen molar-refractivity contribution >= 4 is 17.3 Å². The molecule has 0 saturated heterocycles. The predicted octanol–water partition coefficient (Wildman–Crippen LogP) is 4.12. The average molecular weight is 276 g/mol. The van der Waals surface area contributed by atoms with Crippen LogP contribution in [0.3, 0.4) is 0 Å². The Labute approximate surface area is 116 Å². The maximum Gasteiger partial charge on any atom is 0.348 e. The number of benzene rings is 1. The lowest BCUT2D eigenvalue weighted by Crippen LogP contribution is -2.02. The highest BCUT2D eigenvalue weighted by molar-refractivity contribution is 7.17. The first-order valence-electron chi connectivity index (χ1n) is 6.23. The molecule has 0 N–H and O–H groups in total. The lowest BCUT2D eigenvalue weighted by molar-refractivity contribution is 0.0606. The zero-order chi connectivity index (χ0) is 13.8.